The van der Waals surface area contributed by atoms with E-state index < -0.39 is 0 Å². The van der Waals surface area contributed by atoms with Crippen molar-refractivity contribution in [2.45, 2.75) is 20.0 Å². The van der Waals surface area contributed by atoms with E-state index in [1.807, 2.05) is 72.7 Å². The van der Waals surface area contributed by atoms with Crippen molar-refractivity contribution in [1.82, 2.24) is 29.5 Å². The minimum Gasteiger partial charge on any atom is -0.497 e. The number of aromatic nitrogens is 4. The molecule has 0 bridgehead atoms. The average Bonchev–Trinajstić information content (AvgIpc) is 3.44. The standard InChI is InChI=1S/C27H30N6O2/c1-18-16-29-27-24(18)21(11-12-28-27)25-22-17-32(23(34)6-5-13-31(2)3)14-15-33(22)30-26(25)19-7-9-20(35-4)10-8-19/h5-12,16H,13-15,17H2,1-4H3,(H,28,29)/b6-5+. The summed E-state index contributed by atoms with van der Waals surface area (Å²) >= 11 is 0. The van der Waals surface area contributed by atoms with Crippen LogP contribution in [0, 0.1) is 6.92 Å². The van der Waals surface area contributed by atoms with E-state index in [1.54, 1.807) is 13.2 Å². The van der Waals surface area contributed by atoms with Crippen molar-refractivity contribution in [3.63, 3.8) is 0 Å². The van der Waals surface area contributed by atoms with Crippen molar-refractivity contribution in [2.75, 3.05) is 34.3 Å². The highest BCUT2D eigenvalue weighted by Gasteiger charge is 2.28. The summed E-state index contributed by atoms with van der Waals surface area (Å²) in [5.74, 6) is 0.822. The largest absolute Gasteiger partial charge is 0.497 e. The van der Waals surface area contributed by atoms with E-state index >= 15 is 0 Å². The second-order valence-electron chi connectivity index (χ2n) is 9.10. The van der Waals surface area contributed by atoms with Crippen LogP contribution in [0.5, 0.6) is 5.75 Å². The summed E-state index contributed by atoms with van der Waals surface area (Å²) in [6.07, 6.45) is 7.39. The fourth-order valence-corrected chi connectivity index (χ4v) is 4.64. The molecule has 0 unspecified atom stereocenters. The zero-order valence-electron chi connectivity index (χ0n) is 20.6. The van der Waals surface area contributed by atoms with Crippen LogP contribution >= 0.6 is 0 Å². The van der Waals surface area contributed by atoms with Crippen LogP contribution < -0.4 is 4.74 Å². The monoisotopic (exact) mass is 470 g/mol. The minimum absolute atomic E-state index is 0.0222. The molecule has 1 aliphatic rings. The number of methoxy groups -OCH3 is 1. The second-order valence-corrected chi connectivity index (χ2v) is 9.10. The summed E-state index contributed by atoms with van der Waals surface area (Å²) in [4.78, 5) is 24.7. The molecule has 35 heavy (non-hydrogen) atoms. The lowest BCUT2D eigenvalue weighted by Gasteiger charge is -2.27. The summed E-state index contributed by atoms with van der Waals surface area (Å²) in [6.45, 7) is 4.57. The summed E-state index contributed by atoms with van der Waals surface area (Å²) in [6, 6.07) is 10.0. The summed E-state index contributed by atoms with van der Waals surface area (Å²) in [7, 11) is 5.64. The third-order valence-electron chi connectivity index (χ3n) is 6.43. The van der Waals surface area contributed by atoms with Crippen molar-refractivity contribution >= 4 is 16.9 Å². The molecular weight excluding hydrogens is 440 g/mol. The Labute approximate surface area is 204 Å². The van der Waals surface area contributed by atoms with Gasteiger partial charge in [0.15, 0.2) is 0 Å². The van der Waals surface area contributed by atoms with Crippen LogP contribution in [-0.2, 0) is 17.9 Å². The van der Waals surface area contributed by atoms with E-state index in [0.717, 1.165) is 57.0 Å². The van der Waals surface area contributed by atoms with Crippen molar-refractivity contribution in [1.29, 1.82) is 0 Å². The number of pyridine rings is 1. The number of fused-ring (bicyclic) bond motifs is 2. The molecule has 0 atom stereocenters. The van der Waals surface area contributed by atoms with Gasteiger partial charge in [0.05, 0.1) is 25.9 Å². The predicted octanol–water partition coefficient (Wildman–Crippen LogP) is 3.87. The van der Waals surface area contributed by atoms with Gasteiger partial charge in [-0.3, -0.25) is 9.48 Å². The number of hydrogen-bond acceptors (Lipinski definition) is 5. The first-order chi connectivity index (χ1) is 17.0. The maximum absolute atomic E-state index is 13.0. The number of benzene rings is 1. The number of carbonyl (C=O) groups is 1. The number of aromatic amines is 1. The topological polar surface area (TPSA) is 79.3 Å². The summed E-state index contributed by atoms with van der Waals surface area (Å²) in [5.41, 5.74) is 7.01. The Morgan fingerprint density at radius 2 is 2.00 bits per heavy atom. The minimum atomic E-state index is 0.0222. The first kappa shape index (κ1) is 22.9. The molecule has 0 radical (unpaired) electrons. The number of nitrogens with one attached hydrogen (secondary N) is 1. The molecule has 4 heterocycles. The van der Waals surface area contributed by atoms with Gasteiger partial charge >= 0.3 is 0 Å². The van der Waals surface area contributed by atoms with Crippen molar-refractivity contribution < 1.29 is 9.53 Å². The number of carbonyl (C=O) groups excluding carboxylic acids is 1. The molecule has 0 saturated heterocycles. The van der Waals surface area contributed by atoms with E-state index in [9.17, 15) is 4.79 Å². The Bertz CT molecular complexity index is 1400. The Kier molecular flexibility index (Phi) is 6.13. The van der Waals surface area contributed by atoms with E-state index in [0.29, 0.717) is 19.6 Å². The van der Waals surface area contributed by atoms with Crippen LogP contribution in [-0.4, -0.2) is 69.8 Å². The van der Waals surface area contributed by atoms with E-state index in [1.165, 1.54) is 0 Å². The van der Waals surface area contributed by atoms with Gasteiger partial charge in [-0.05, 0) is 62.5 Å². The van der Waals surface area contributed by atoms with Gasteiger partial charge in [-0.2, -0.15) is 5.10 Å². The summed E-state index contributed by atoms with van der Waals surface area (Å²) < 4.78 is 7.41. The number of amides is 1. The third-order valence-corrected chi connectivity index (χ3v) is 6.43. The number of ether oxygens (including phenoxy) is 1. The number of aryl methyl sites for hydroxylation is 1. The smallest absolute Gasteiger partial charge is 0.246 e. The van der Waals surface area contributed by atoms with Crippen molar-refractivity contribution in [2.24, 2.45) is 0 Å². The molecule has 0 saturated carbocycles. The van der Waals surface area contributed by atoms with Gasteiger partial charge in [0.2, 0.25) is 5.91 Å². The Hall–Kier alpha value is -3.91. The van der Waals surface area contributed by atoms with Crippen LogP contribution in [0.2, 0.25) is 0 Å². The average molecular weight is 471 g/mol. The van der Waals surface area contributed by atoms with Gasteiger partial charge in [-0.1, -0.05) is 6.08 Å². The third kappa shape index (κ3) is 4.33. The number of likely N-dealkylation sites (N-methyl/N-ethyl adjacent to an activating group) is 1. The normalized spacial score (nSPS) is 13.7. The van der Waals surface area contributed by atoms with Gasteiger partial charge in [0.25, 0.3) is 0 Å². The molecule has 0 spiro atoms. The molecule has 1 aliphatic heterocycles. The molecule has 4 aromatic rings. The van der Waals surface area contributed by atoms with Crippen LogP contribution in [0.25, 0.3) is 33.4 Å². The number of rotatable bonds is 6. The fourth-order valence-electron chi connectivity index (χ4n) is 4.64. The SMILES string of the molecule is COc1ccc(-c2nn3c(c2-c2ccnc4[nH]cc(C)c24)CN(C(=O)/C=C/CN(C)C)CC3)cc1. The highest BCUT2D eigenvalue weighted by molar-refractivity contribution is 6.00. The molecule has 0 fully saturated rings. The van der Waals surface area contributed by atoms with E-state index in [4.69, 9.17) is 9.84 Å². The van der Waals surface area contributed by atoms with Crippen LogP contribution in [0.1, 0.15) is 11.3 Å². The van der Waals surface area contributed by atoms with Crippen LogP contribution in [0.15, 0.2) is 54.9 Å². The van der Waals surface area contributed by atoms with E-state index in [2.05, 4.69) is 21.6 Å². The van der Waals surface area contributed by atoms with Crippen LogP contribution in [0.3, 0.4) is 0 Å². The van der Waals surface area contributed by atoms with Gasteiger partial charge in [-0.15, -0.1) is 0 Å². The number of nitrogens with zero attached hydrogens (tertiary/aromatic N) is 5. The molecule has 1 N–H and O–H groups in total. The zero-order chi connectivity index (χ0) is 24.5. The fraction of sp³-hybridized carbons (Fsp3) is 0.296. The quantitative estimate of drug-likeness (QED) is 0.433. The Morgan fingerprint density at radius 1 is 1.20 bits per heavy atom. The molecule has 5 rings (SSSR count). The van der Waals surface area contributed by atoms with Gasteiger partial charge < -0.3 is 19.5 Å². The second kappa shape index (κ2) is 9.38. The lowest BCUT2D eigenvalue weighted by molar-refractivity contribution is -0.127. The summed E-state index contributed by atoms with van der Waals surface area (Å²) in [5, 5.41) is 6.11. The number of hydrogen-bond donors (Lipinski definition) is 1. The molecule has 0 aliphatic carbocycles. The first-order valence-corrected chi connectivity index (χ1v) is 11.7. The highest BCUT2D eigenvalue weighted by Crippen LogP contribution is 2.40. The maximum Gasteiger partial charge on any atom is 0.246 e. The molecule has 1 aromatic carbocycles. The van der Waals surface area contributed by atoms with Gasteiger partial charge in [-0.25, -0.2) is 4.98 Å². The van der Waals surface area contributed by atoms with Gasteiger partial charge in [0, 0.05) is 48.1 Å². The zero-order valence-corrected chi connectivity index (χ0v) is 20.6. The maximum atomic E-state index is 13.0. The van der Waals surface area contributed by atoms with Crippen molar-refractivity contribution in [3.8, 4) is 28.1 Å². The molecule has 180 valence electrons. The molecule has 8 heteroatoms. The first-order valence-electron chi connectivity index (χ1n) is 11.7. The highest BCUT2D eigenvalue weighted by atomic mass is 16.5. The van der Waals surface area contributed by atoms with Crippen molar-refractivity contribution in [3.05, 3.63) is 66.1 Å². The Morgan fingerprint density at radius 3 is 2.74 bits per heavy atom. The molecule has 3 aromatic heterocycles. The van der Waals surface area contributed by atoms with E-state index in [-0.39, 0.29) is 5.91 Å². The lowest BCUT2D eigenvalue weighted by atomic mass is 9.95. The number of H-pyrrole nitrogens is 1. The molecular formula is C27H30N6O2. The molecule has 1 amide bonds. The predicted molar refractivity (Wildman–Crippen MR) is 137 cm³/mol. The lowest BCUT2D eigenvalue weighted by Crippen LogP contribution is -2.37. The molecule has 8 nitrogen and oxygen atoms in total. The van der Waals surface area contributed by atoms with Crippen LogP contribution in [0.4, 0.5) is 0 Å². The van der Waals surface area contributed by atoms with Gasteiger partial charge in [0.1, 0.15) is 17.1 Å². The Balaban J connectivity index is 1.63.